The maximum Gasteiger partial charge on any atom is 0.405 e. The van der Waals surface area contributed by atoms with Crippen LogP contribution in [0.15, 0.2) is 30.3 Å². The van der Waals surface area contributed by atoms with E-state index < -0.39 is 11.7 Å². The highest BCUT2D eigenvalue weighted by atomic mass is 16.6. The van der Waals surface area contributed by atoms with Crippen LogP contribution in [0.2, 0.25) is 0 Å². The van der Waals surface area contributed by atoms with Gasteiger partial charge in [0.2, 0.25) is 0 Å². The van der Waals surface area contributed by atoms with Gasteiger partial charge in [0.1, 0.15) is 5.60 Å². The van der Waals surface area contributed by atoms with Crippen LogP contribution in [0.1, 0.15) is 24.8 Å². The number of carbonyl (C=O) groups is 1. The molecule has 116 valence electrons. The van der Waals surface area contributed by atoms with Gasteiger partial charge in [-0.25, -0.2) is 4.79 Å². The van der Waals surface area contributed by atoms with Crippen molar-refractivity contribution in [2.45, 2.75) is 37.4 Å². The van der Waals surface area contributed by atoms with Gasteiger partial charge in [0, 0.05) is 26.1 Å². The molecule has 3 atom stereocenters. The average Bonchev–Trinajstić information content (AvgIpc) is 2.48. The maximum atomic E-state index is 11.4. The molecule has 3 unspecified atom stereocenters. The normalized spacial score (nSPS) is 29.0. The molecule has 0 bridgehead atoms. The summed E-state index contributed by atoms with van der Waals surface area (Å²) in [5, 5.41) is 9.74. The molecule has 1 aromatic carbocycles. The molecule has 21 heavy (non-hydrogen) atoms. The highest BCUT2D eigenvalue weighted by molar-refractivity contribution is 5.65. The Balaban J connectivity index is 2.25. The van der Waals surface area contributed by atoms with Crippen molar-refractivity contribution in [1.82, 2.24) is 0 Å². The highest BCUT2D eigenvalue weighted by Gasteiger charge is 2.46. The molecule has 0 radical (unpaired) electrons. The number of ether oxygens (including phenoxy) is 2. The minimum Gasteiger partial charge on any atom is -0.442 e. The molecule has 1 fully saturated rings. The van der Waals surface area contributed by atoms with Crippen LogP contribution in [0.25, 0.3) is 0 Å². The van der Waals surface area contributed by atoms with Crippen molar-refractivity contribution in [3.63, 3.8) is 0 Å². The lowest BCUT2D eigenvalue weighted by Gasteiger charge is -2.44. The van der Waals surface area contributed by atoms with Crippen molar-refractivity contribution in [2.24, 2.45) is 11.7 Å². The third kappa shape index (κ3) is 3.74. The van der Waals surface area contributed by atoms with Crippen LogP contribution in [0.5, 0.6) is 0 Å². The third-order valence-electron chi connectivity index (χ3n) is 4.38. The number of methoxy groups -OCH3 is 1. The SMILES string of the molecule is COC1CCC(Cc2ccccc2)(OC(N)=O)C(CO)C1. The molecule has 5 nitrogen and oxygen atoms in total. The van der Waals surface area contributed by atoms with Gasteiger partial charge in [0.15, 0.2) is 0 Å². The lowest BCUT2D eigenvalue weighted by Crippen LogP contribution is -2.52. The Kier molecular flexibility index (Phi) is 5.20. The van der Waals surface area contributed by atoms with Crippen LogP contribution >= 0.6 is 0 Å². The Labute approximate surface area is 125 Å². The lowest BCUT2D eigenvalue weighted by molar-refractivity contribution is -0.105. The zero-order valence-electron chi connectivity index (χ0n) is 12.3. The molecular weight excluding hydrogens is 270 g/mol. The maximum absolute atomic E-state index is 11.4. The number of aliphatic hydroxyl groups is 1. The zero-order chi connectivity index (χ0) is 15.3. The van der Waals surface area contributed by atoms with E-state index in [4.69, 9.17) is 15.2 Å². The fourth-order valence-electron chi connectivity index (χ4n) is 3.26. The van der Waals surface area contributed by atoms with Crippen molar-refractivity contribution < 1.29 is 19.4 Å². The van der Waals surface area contributed by atoms with Crippen molar-refractivity contribution in [3.05, 3.63) is 35.9 Å². The van der Waals surface area contributed by atoms with Gasteiger partial charge in [0.25, 0.3) is 0 Å². The van der Waals surface area contributed by atoms with Crippen LogP contribution in [0, 0.1) is 5.92 Å². The second-order valence-corrected chi connectivity index (χ2v) is 5.66. The van der Waals surface area contributed by atoms with Crippen LogP contribution < -0.4 is 5.73 Å². The Morgan fingerprint density at radius 1 is 1.43 bits per heavy atom. The molecule has 0 aliphatic heterocycles. The second-order valence-electron chi connectivity index (χ2n) is 5.66. The van der Waals surface area contributed by atoms with E-state index in [1.807, 2.05) is 30.3 Å². The molecule has 0 heterocycles. The van der Waals surface area contributed by atoms with E-state index in [0.717, 1.165) is 12.0 Å². The molecular formula is C16H23NO4. The largest absolute Gasteiger partial charge is 0.442 e. The summed E-state index contributed by atoms with van der Waals surface area (Å²) in [6.07, 6.45) is 1.93. The first kappa shape index (κ1) is 15.8. The van der Waals surface area contributed by atoms with E-state index >= 15 is 0 Å². The van der Waals surface area contributed by atoms with E-state index in [-0.39, 0.29) is 18.6 Å². The predicted octanol–water partition coefficient (Wildman–Crippen LogP) is 1.87. The first-order valence-corrected chi connectivity index (χ1v) is 7.25. The number of amides is 1. The molecule has 1 aromatic rings. The smallest absolute Gasteiger partial charge is 0.405 e. The van der Waals surface area contributed by atoms with Gasteiger partial charge in [-0.2, -0.15) is 0 Å². The van der Waals surface area contributed by atoms with Crippen molar-refractivity contribution in [2.75, 3.05) is 13.7 Å². The number of rotatable bonds is 5. The standard InChI is InChI=1S/C16H23NO4/c1-20-14-7-8-16(21-15(17)19,13(9-14)11-18)10-12-5-3-2-4-6-12/h2-6,13-14,18H,7-11H2,1H3,(H2,17,19). The first-order chi connectivity index (χ1) is 10.1. The topological polar surface area (TPSA) is 81.8 Å². The summed E-state index contributed by atoms with van der Waals surface area (Å²) >= 11 is 0. The third-order valence-corrected chi connectivity index (χ3v) is 4.38. The molecule has 0 spiro atoms. The number of carbonyl (C=O) groups excluding carboxylic acids is 1. The van der Waals surface area contributed by atoms with Crippen molar-refractivity contribution >= 4 is 6.09 Å². The van der Waals surface area contributed by atoms with Gasteiger partial charge in [-0.3, -0.25) is 0 Å². The minimum absolute atomic E-state index is 0.0556. The Hall–Kier alpha value is -1.59. The Morgan fingerprint density at radius 2 is 2.14 bits per heavy atom. The summed E-state index contributed by atoms with van der Waals surface area (Å²) in [5.41, 5.74) is 5.58. The van der Waals surface area contributed by atoms with Gasteiger partial charge in [-0.05, 0) is 24.8 Å². The van der Waals surface area contributed by atoms with Gasteiger partial charge in [-0.15, -0.1) is 0 Å². The summed E-state index contributed by atoms with van der Waals surface area (Å²) in [6, 6.07) is 9.81. The Morgan fingerprint density at radius 3 is 2.71 bits per heavy atom. The van der Waals surface area contributed by atoms with E-state index in [1.54, 1.807) is 7.11 Å². The fraction of sp³-hybridized carbons (Fsp3) is 0.562. The number of hydrogen-bond acceptors (Lipinski definition) is 4. The number of hydrogen-bond donors (Lipinski definition) is 2. The molecule has 0 aromatic heterocycles. The number of nitrogens with two attached hydrogens (primary N) is 1. The van der Waals surface area contributed by atoms with Gasteiger partial charge in [0.05, 0.1) is 6.10 Å². The molecule has 0 saturated heterocycles. The molecule has 2 rings (SSSR count). The molecule has 1 amide bonds. The monoisotopic (exact) mass is 293 g/mol. The lowest BCUT2D eigenvalue weighted by atomic mass is 9.71. The molecule has 3 N–H and O–H groups in total. The van der Waals surface area contributed by atoms with Crippen molar-refractivity contribution in [3.8, 4) is 0 Å². The summed E-state index contributed by atoms with van der Waals surface area (Å²) in [5.74, 6) is -0.177. The van der Waals surface area contributed by atoms with E-state index in [9.17, 15) is 9.90 Å². The van der Waals surface area contributed by atoms with Crippen LogP contribution in [-0.4, -0.2) is 36.6 Å². The van der Waals surface area contributed by atoms with Crippen LogP contribution in [-0.2, 0) is 15.9 Å². The molecule has 1 saturated carbocycles. The highest BCUT2D eigenvalue weighted by Crippen LogP contribution is 2.40. The average molecular weight is 293 g/mol. The van der Waals surface area contributed by atoms with E-state index in [1.165, 1.54) is 0 Å². The van der Waals surface area contributed by atoms with Crippen molar-refractivity contribution in [1.29, 1.82) is 0 Å². The number of primary amides is 1. The summed E-state index contributed by atoms with van der Waals surface area (Å²) in [4.78, 5) is 11.4. The molecule has 1 aliphatic rings. The summed E-state index contributed by atoms with van der Waals surface area (Å²) < 4.78 is 10.9. The fourth-order valence-corrected chi connectivity index (χ4v) is 3.26. The molecule has 5 heteroatoms. The quantitative estimate of drug-likeness (QED) is 0.868. The predicted molar refractivity (Wildman–Crippen MR) is 78.8 cm³/mol. The summed E-state index contributed by atoms with van der Waals surface area (Å²) in [7, 11) is 1.66. The number of aliphatic hydroxyl groups excluding tert-OH is 1. The second kappa shape index (κ2) is 6.91. The zero-order valence-corrected chi connectivity index (χ0v) is 12.3. The minimum atomic E-state index is -0.791. The number of benzene rings is 1. The van der Waals surface area contributed by atoms with Gasteiger partial charge >= 0.3 is 6.09 Å². The van der Waals surface area contributed by atoms with E-state index in [2.05, 4.69) is 0 Å². The summed E-state index contributed by atoms with van der Waals surface area (Å²) in [6.45, 7) is -0.0556. The first-order valence-electron chi connectivity index (χ1n) is 7.25. The van der Waals surface area contributed by atoms with Crippen LogP contribution in [0.4, 0.5) is 4.79 Å². The van der Waals surface area contributed by atoms with Gasteiger partial charge in [-0.1, -0.05) is 30.3 Å². The molecule has 1 aliphatic carbocycles. The van der Waals surface area contributed by atoms with Crippen LogP contribution in [0.3, 0.4) is 0 Å². The van der Waals surface area contributed by atoms with E-state index in [0.29, 0.717) is 19.3 Å². The Bertz CT molecular complexity index is 465. The van der Waals surface area contributed by atoms with Gasteiger partial charge < -0.3 is 20.3 Å².